The van der Waals surface area contributed by atoms with Crippen molar-refractivity contribution in [2.75, 3.05) is 38.2 Å². The van der Waals surface area contributed by atoms with E-state index in [-0.39, 0.29) is 12.3 Å². The fraction of sp³-hybridized carbons (Fsp3) is 0.438. The van der Waals surface area contributed by atoms with Crippen LogP contribution < -0.4 is 9.64 Å². The first-order chi connectivity index (χ1) is 11.2. The number of ether oxygens (including phenoxy) is 1. The van der Waals surface area contributed by atoms with E-state index in [9.17, 15) is 4.79 Å². The average Bonchev–Trinajstić information content (AvgIpc) is 3.00. The topological polar surface area (TPSA) is 71.7 Å². The van der Waals surface area contributed by atoms with Gasteiger partial charge in [0.1, 0.15) is 12.2 Å². The first kappa shape index (κ1) is 15.3. The predicted molar refractivity (Wildman–Crippen MR) is 84.5 cm³/mol. The number of aromatic nitrogens is 2. The van der Waals surface area contributed by atoms with Gasteiger partial charge in [0.2, 0.25) is 11.8 Å². The zero-order valence-electron chi connectivity index (χ0n) is 13.4. The van der Waals surface area contributed by atoms with E-state index in [1.165, 1.54) is 0 Å². The molecule has 1 aromatic heterocycles. The molecular formula is C16H20N4O3. The summed E-state index contributed by atoms with van der Waals surface area (Å²) < 4.78 is 10.4. The monoisotopic (exact) mass is 316 g/mol. The number of benzene rings is 1. The van der Waals surface area contributed by atoms with Crippen LogP contribution in [0.1, 0.15) is 11.7 Å². The number of methoxy groups -OCH3 is 1. The SMILES string of the molecule is COc1ccccc1N1CCN(C(=O)Cc2nc(C)no2)CC1. The molecule has 2 heterocycles. The second-order valence-corrected chi connectivity index (χ2v) is 5.45. The van der Waals surface area contributed by atoms with Crippen molar-refractivity contribution < 1.29 is 14.1 Å². The Morgan fingerprint density at radius 2 is 2.00 bits per heavy atom. The van der Waals surface area contributed by atoms with E-state index >= 15 is 0 Å². The summed E-state index contributed by atoms with van der Waals surface area (Å²) in [7, 11) is 1.67. The Hall–Kier alpha value is -2.57. The molecule has 0 radical (unpaired) electrons. The summed E-state index contributed by atoms with van der Waals surface area (Å²) in [5, 5.41) is 3.71. The summed E-state index contributed by atoms with van der Waals surface area (Å²) in [4.78, 5) is 20.5. The number of carbonyl (C=O) groups excluding carboxylic acids is 1. The molecule has 2 aromatic rings. The van der Waals surface area contributed by atoms with Gasteiger partial charge in [0.05, 0.1) is 12.8 Å². The Morgan fingerprint density at radius 1 is 1.26 bits per heavy atom. The Morgan fingerprint density at radius 3 is 2.65 bits per heavy atom. The van der Waals surface area contributed by atoms with Crippen LogP contribution in [0.15, 0.2) is 28.8 Å². The van der Waals surface area contributed by atoms with E-state index < -0.39 is 0 Å². The summed E-state index contributed by atoms with van der Waals surface area (Å²) in [6, 6.07) is 7.93. The summed E-state index contributed by atoms with van der Waals surface area (Å²) in [6.45, 7) is 4.63. The van der Waals surface area contributed by atoms with Gasteiger partial charge in [-0.05, 0) is 19.1 Å². The van der Waals surface area contributed by atoms with Crippen LogP contribution in [0.3, 0.4) is 0 Å². The quantitative estimate of drug-likeness (QED) is 0.846. The zero-order valence-corrected chi connectivity index (χ0v) is 13.4. The molecule has 1 aliphatic heterocycles. The van der Waals surface area contributed by atoms with Crippen molar-refractivity contribution in [3.05, 3.63) is 36.0 Å². The molecule has 122 valence electrons. The maximum Gasteiger partial charge on any atom is 0.236 e. The van der Waals surface area contributed by atoms with E-state index in [0.29, 0.717) is 24.8 Å². The van der Waals surface area contributed by atoms with Crippen molar-refractivity contribution in [2.45, 2.75) is 13.3 Å². The molecule has 0 spiro atoms. The van der Waals surface area contributed by atoms with Crippen molar-refractivity contribution in [3.8, 4) is 5.75 Å². The molecule has 0 saturated carbocycles. The molecule has 0 unspecified atom stereocenters. The molecule has 0 atom stereocenters. The predicted octanol–water partition coefficient (Wildman–Crippen LogP) is 1.28. The highest BCUT2D eigenvalue weighted by Gasteiger charge is 2.24. The highest BCUT2D eigenvalue weighted by Crippen LogP contribution is 2.28. The summed E-state index contributed by atoms with van der Waals surface area (Å²) in [5.74, 6) is 1.80. The normalized spacial score (nSPS) is 14.9. The lowest BCUT2D eigenvalue weighted by Crippen LogP contribution is -2.49. The van der Waals surface area contributed by atoms with Crippen LogP contribution in [-0.4, -0.2) is 54.2 Å². The number of hydrogen-bond donors (Lipinski definition) is 0. The number of rotatable bonds is 4. The second-order valence-electron chi connectivity index (χ2n) is 5.45. The molecule has 23 heavy (non-hydrogen) atoms. The van der Waals surface area contributed by atoms with Crippen LogP contribution in [0.4, 0.5) is 5.69 Å². The van der Waals surface area contributed by atoms with Gasteiger partial charge in [-0.15, -0.1) is 0 Å². The molecule has 0 aliphatic carbocycles. The first-order valence-electron chi connectivity index (χ1n) is 7.62. The fourth-order valence-corrected chi connectivity index (χ4v) is 2.74. The van der Waals surface area contributed by atoms with E-state index in [1.807, 2.05) is 29.2 Å². The van der Waals surface area contributed by atoms with Gasteiger partial charge in [-0.1, -0.05) is 17.3 Å². The Balaban J connectivity index is 1.58. The van der Waals surface area contributed by atoms with Crippen LogP contribution in [0.5, 0.6) is 5.75 Å². The maximum atomic E-state index is 12.3. The van der Waals surface area contributed by atoms with E-state index in [0.717, 1.165) is 24.5 Å². The molecule has 3 rings (SSSR count). The Kier molecular flexibility index (Phi) is 4.45. The lowest BCUT2D eigenvalue weighted by molar-refractivity contribution is -0.131. The number of nitrogens with zero attached hydrogens (tertiary/aromatic N) is 4. The van der Waals surface area contributed by atoms with Gasteiger partial charge in [0.15, 0.2) is 5.82 Å². The molecule has 7 nitrogen and oxygen atoms in total. The maximum absolute atomic E-state index is 12.3. The second kappa shape index (κ2) is 6.68. The Bertz CT molecular complexity index is 677. The van der Waals surface area contributed by atoms with Gasteiger partial charge in [0.25, 0.3) is 0 Å². The highest BCUT2D eigenvalue weighted by atomic mass is 16.5. The van der Waals surface area contributed by atoms with Crippen LogP contribution >= 0.6 is 0 Å². The standard InChI is InChI=1S/C16H20N4O3/c1-12-17-15(23-18-12)11-16(21)20-9-7-19(8-10-20)13-5-3-4-6-14(13)22-2/h3-6H,7-11H2,1-2H3. The molecule has 0 bridgehead atoms. The number of amides is 1. The number of aryl methyl sites for hydroxylation is 1. The van der Waals surface area contributed by atoms with E-state index in [4.69, 9.17) is 9.26 Å². The number of para-hydroxylation sites is 2. The lowest BCUT2D eigenvalue weighted by atomic mass is 10.2. The molecule has 7 heteroatoms. The van der Waals surface area contributed by atoms with Gasteiger partial charge < -0.3 is 19.1 Å². The van der Waals surface area contributed by atoms with Crippen LogP contribution in [0.25, 0.3) is 0 Å². The third-order valence-corrected chi connectivity index (χ3v) is 3.93. The van der Waals surface area contributed by atoms with E-state index in [2.05, 4.69) is 15.0 Å². The van der Waals surface area contributed by atoms with Crippen molar-refractivity contribution >= 4 is 11.6 Å². The molecule has 1 aliphatic rings. The minimum Gasteiger partial charge on any atom is -0.495 e. The number of hydrogen-bond acceptors (Lipinski definition) is 6. The zero-order chi connectivity index (χ0) is 16.2. The number of anilines is 1. The van der Waals surface area contributed by atoms with E-state index in [1.54, 1.807) is 14.0 Å². The van der Waals surface area contributed by atoms with Gasteiger partial charge in [-0.2, -0.15) is 4.98 Å². The van der Waals surface area contributed by atoms with Crippen LogP contribution in [0.2, 0.25) is 0 Å². The van der Waals surface area contributed by atoms with Crippen molar-refractivity contribution in [1.29, 1.82) is 0 Å². The minimum absolute atomic E-state index is 0.0216. The average molecular weight is 316 g/mol. The van der Waals surface area contributed by atoms with Crippen LogP contribution in [0, 0.1) is 6.92 Å². The van der Waals surface area contributed by atoms with Crippen LogP contribution in [-0.2, 0) is 11.2 Å². The van der Waals surface area contributed by atoms with Gasteiger partial charge in [-0.25, -0.2) is 0 Å². The molecule has 0 N–H and O–H groups in total. The largest absolute Gasteiger partial charge is 0.495 e. The van der Waals surface area contributed by atoms with Crippen molar-refractivity contribution in [2.24, 2.45) is 0 Å². The highest BCUT2D eigenvalue weighted by molar-refractivity contribution is 5.78. The minimum atomic E-state index is 0.0216. The summed E-state index contributed by atoms with van der Waals surface area (Å²) >= 11 is 0. The van der Waals surface area contributed by atoms with Crippen molar-refractivity contribution in [3.63, 3.8) is 0 Å². The fourth-order valence-electron chi connectivity index (χ4n) is 2.74. The lowest BCUT2D eigenvalue weighted by Gasteiger charge is -2.36. The number of piperazine rings is 1. The number of carbonyl (C=O) groups is 1. The molecule has 1 aromatic carbocycles. The Labute approximate surface area is 134 Å². The van der Waals surface area contributed by atoms with Crippen molar-refractivity contribution in [1.82, 2.24) is 15.0 Å². The third-order valence-electron chi connectivity index (χ3n) is 3.93. The third kappa shape index (κ3) is 3.44. The smallest absolute Gasteiger partial charge is 0.236 e. The summed E-state index contributed by atoms with van der Waals surface area (Å²) in [6.07, 6.45) is 0.162. The summed E-state index contributed by atoms with van der Waals surface area (Å²) in [5.41, 5.74) is 1.06. The molecule has 1 saturated heterocycles. The molecule has 1 fully saturated rings. The molecular weight excluding hydrogens is 296 g/mol. The van der Waals surface area contributed by atoms with Gasteiger partial charge >= 0.3 is 0 Å². The first-order valence-corrected chi connectivity index (χ1v) is 7.62. The molecule has 1 amide bonds. The van der Waals surface area contributed by atoms with Gasteiger partial charge in [-0.3, -0.25) is 4.79 Å². The van der Waals surface area contributed by atoms with Gasteiger partial charge in [0, 0.05) is 26.2 Å².